The summed E-state index contributed by atoms with van der Waals surface area (Å²) in [5.41, 5.74) is 2.39. The van der Waals surface area contributed by atoms with Gasteiger partial charge in [0.05, 0.1) is 63.1 Å². The topological polar surface area (TPSA) is 192 Å². The summed E-state index contributed by atoms with van der Waals surface area (Å²) in [6.07, 6.45) is 15.7. The number of ether oxygens (including phenoxy) is 4. The van der Waals surface area contributed by atoms with Gasteiger partial charge in [0.25, 0.3) is 0 Å². The van der Waals surface area contributed by atoms with Gasteiger partial charge in [-0.2, -0.15) is 0 Å². The number of hydrogen-bond donors (Lipinski definition) is 6. The highest BCUT2D eigenvalue weighted by molar-refractivity contribution is 5.69. The number of carbonyl (C=O) groups is 2. The fourth-order valence-electron chi connectivity index (χ4n) is 9.19. The summed E-state index contributed by atoms with van der Waals surface area (Å²) in [7, 11) is 0. The molecule has 0 aliphatic heterocycles. The molecule has 2 saturated carbocycles. The first-order chi connectivity index (χ1) is 31.1. The number of aliphatic hydroxyl groups excluding tert-OH is 6. The summed E-state index contributed by atoms with van der Waals surface area (Å²) in [4.78, 5) is 24.2. The zero-order valence-electron chi connectivity index (χ0n) is 38.0. The Morgan fingerprint density at radius 2 is 0.891 bits per heavy atom. The van der Waals surface area contributed by atoms with Gasteiger partial charge in [-0.05, 0) is 138 Å². The second kappa shape index (κ2) is 31.5. The molecular formula is C52H78O12. The molecular weight excluding hydrogens is 817 g/mol. The molecule has 12 heteroatoms. The molecule has 64 heavy (non-hydrogen) atoms. The third-order valence-corrected chi connectivity index (χ3v) is 12.9. The van der Waals surface area contributed by atoms with Crippen LogP contribution in [0, 0.1) is 23.7 Å². The first kappa shape index (κ1) is 53.2. The highest BCUT2D eigenvalue weighted by Gasteiger charge is 2.41. The third kappa shape index (κ3) is 21.2. The standard InChI is InChI=1S/C52H78O12/c53-41(25-23-39-15-7-5-8-16-39)27-29-45-43(47(55)37-49(45)57)19-11-1-3-13-21-51(59)63-35-33-61-31-32-62-34-36-64-52(60)22-14-4-2-12-20-44-46(50(58)38-48(44)56)30-28-42(54)26-24-40-17-9-6-10-18-40/h1-2,5-12,15-18,41-50,53-58H,3-4,13-14,19-38H2/b11-1-,12-2-/t41-,42+,43+,44-,45?,46?,47-,48+,49+,50-. The van der Waals surface area contributed by atoms with Crippen LogP contribution in [0.15, 0.2) is 85.0 Å². The van der Waals surface area contributed by atoms with E-state index in [1.807, 2.05) is 60.7 Å². The first-order valence-electron chi connectivity index (χ1n) is 24.0. The van der Waals surface area contributed by atoms with Crippen LogP contribution in [0.4, 0.5) is 0 Å². The number of aliphatic hydroxyl groups is 6. The molecule has 0 amide bonds. The molecule has 0 saturated heterocycles. The molecule has 4 rings (SSSR count). The van der Waals surface area contributed by atoms with Crippen LogP contribution in [0.1, 0.15) is 114 Å². The van der Waals surface area contributed by atoms with Gasteiger partial charge in [-0.15, -0.1) is 0 Å². The smallest absolute Gasteiger partial charge is 0.305 e. The van der Waals surface area contributed by atoms with Gasteiger partial charge in [0, 0.05) is 12.8 Å². The van der Waals surface area contributed by atoms with Crippen LogP contribution in [-0.2, 0) is 41.4 Å². The molecule has 2 aliphatic rings. The molecule has 2 aromatic carbocycles. The van der Waals surface area contributed by atoms with E-state index in [0.29, 0.717) is 116 Å². The molecule has 358 valence electrons. The minimum absolute atomic E-state index is 0.0530. The van der Waals surface area contributed by atoms with Crippen molar-refractivity contribution in [3.63, 3.8) is 0 Å². The van der Waals surface area contributed by atoms with Gasteiger partial charge in [0.2, 0.25) is 0 Å². The van der Waals surface area contributed by atoms with Gasteiger partial charge in [-0.3, -0.25) is 9.59 Å². The maximum Gasteiger partial charge on any atom is 0.305 e. The van der Waals surface area contributed by atoms with E-state index in [4.69, 9.17) is 18.9 Å². The lowest BCUT2D eigenvalue weighted by atomic mass is 9.85. The van der Waals surface area contributed by atoms with E-state index >= 15 is 0 Å². The van der Waals surface area contributed by atoms with Crippen LogP contribution in [0.25, 0.3) is 0 Å². The lowest BCUT2D eigenvalue weighted by Gasteiger charge is -2.23. The number of allylic oxidation sites excluding steroid dienone is 4. The second-order valence-electron chi connectivity index (χ2n) is 17.8. The minimum Gasteiger partial charge on any atom is -0.463 e. The molecule has 12 nitrogen and oxygen atoms in total. The van der Waals surface area contributed by atoms with Gasteiger partial charge in [-0.1, -0.05) is 85.0 Å². The summed E-state index contributed by atoms with van der Waals surface area (Å²) >= 11 is 0. The Kier molecular flexibility index (Phi) is 26.1. The van der Waals surface area contributed by atoms with Gasteiger partial charge in [0.15, 0.2) is 0 Å². The lowest BCUT2D eigenvalue weighted by Crippen LogP contribution is -2.23. The predicted octanol–water partition coefficient (Wildman–Crippen LogP) is 6.60. The zero-order chi connectivity index (χ0) is 45.8. The SMILES string of the molecule is O=C(CCC/C=C\C[C@@H]1C(CC[C@@H](O)CCc2ccccc2)[C@H](O)C[C@@H]1O)OCCOCCOCCOC(=O)CCC/C=C\C[C@H]1C(CC[C@H](O)CCc2ccccc2)[C@@H](O)C[C@H]1O. The van der Waals surface area contributed by atoms with Crippen LogP contribution in [0.2, 0.25) is 0 Å². The monoisotopic (exact) mass is 895 g/mol. The predicted molar refractivity (Wildman–Crippen MR) is 246 cm³/mol. The Morgan fingerprint density at radius 3 is 1.30 bits per heavy atom. The number of unbranched alkanes of at least 4 members (excludes halogenated alkanes) is 2. The van der Waals surface area contributed by atoms with Crippen LogP contribution in [-0.4, -0.2) is 119 Å². The summed E-state index contributed by atoms with van der Waals surface area (Å²) in [6, 6.07) is 20.2. The summed E-state index contributed by atoms with van der Waals surface area (Å²) in [5.74, 6) is -0.790. The van der Waals surface area contributed by atoms with E-state index in [1.54, 1.807) is 0 Å². The van der Waals surface area contributed by atoms with Crippen molar-refractivity contribution in [1.82, 2.24) is 0 Å². The lowest BCUT2D eigenvalue weighted by molar-refractivity contribution is -0.147. The van der Waals surface area contributed by atoms with Gasteiger partial charge in [0.1, 0.15) is 13.2 Å². The second-order valence-corrected chi connectivity index (χ2v) is 17.8. The summed E-state index contributed by atoms with van der Waals surface area (Å²) in [5, 5.41) is 63.4. The molecule has 2 aromatic rings. The summed E-state index contributed by atoms with van der Waals surface area (Å²) < 4.78 is 21.4. The minimum atomic E-state index is -0.568. The van der Waals surface area contributed by atoms with Gasteiger partial charge < -0.3 is 49.6 Å². The van der Waals surface area contributed by atoms with E-state index in [0.717, 1.165) is 12.8 Å². The molecule has 2 unspecified atom stereocenters. The van der Waals surface area contributed by atoms with Crippen molar-refractivity contribution >= 4 is 11.9 Å². The fourth-order valence-corrected chi connectivity index (χ4v) is 9.19. The van der Waals surface area contributed by atoms with E-state index < -0.39 is 36.6 Å². The molecule has 0 radical (unpaired) electrons. The van der Waals surface area contributed by atoms with Crippen LogP contribution in [0.3, 0.4) is 0 Å². The molecule has 0 aromatic heterocycles. The number of esters is 2. The average molecular weight is 895 g/mol. The fraction of sp³-hybridized carbons (Fsp3) is 0.654. The quantitative estimate of drug-likeness (QED) is 0.0256. The average Bonchev–Trinajstić information content (AvgIpc) is 3.73. The zero-order valence-corrected chi connectivity index (χ0v) is 38.0. The Morgan fingerprint density at radius 1 is 0.516 bits per heavy atom. The van der Waals surface area contributed by atoms with Crippen molar-refractivity contribution in [2.45, 2.75) is 152 Å². The van der Waals surface area contributed by atoms with E-state index in [-0.39, 0.29) is 62.0 Å². The van der Waals surface area contributed by atoms with Crippen LogP contribution < -0.4 is 0 Å². The van der Waals surface area contributed by atoms with Gasteiger partial charge in [-0.25, -0.2) is 0 Å². The molecule has 10 atom stereocenters. The highest BCUT2D eigenvalue weighted by atomic mass is 16.6. The van der Waals surface area contributed by atoms with E-state index in [9.17, 15) is 40.2 Å². The van der Waals surface area contributed by atoms with E-state index in [1.165, 1.54) is 11.1 Å². The molecule has 6 N–H and O–H groups in total. The van der Waals surface area contributed by atoms with E-state index in [2.05, 4.69) is 24.3 Å². The third-order valence-electron chi connectivity index (χ3n) is 12.9. The Labute approximate surface area is 381 Å². The number of benzene rings is 2. The molecule has 0 spiro atoms. The molecule has 0 heterocycles. The normalized spacial score (nSPS) is 24.4. The number of aryl methyl sites for hydroxylation is 2. The van der Waals surface area contributed by atoms with Crippen LogP contribution >= 0.6 is 0 Å². The first-order valence-corrected chi connectivity index (χ1v) is 24.0. The van der Waals surface area contributed by atoms with Gasteiger partial charge >= 0.3 is 11.9 Å². The maximum atomic E-state index is 12.1. The Hall–Kier alpha value is -3.46. The molecule has 2 aliphatic carbocycles. The van der Waals surface area contributed by atoms with Crippen LogP contribution in [0.5, 0.6) is 0 Å². The Balaban J connectivity index is 0.917. The molecule has 0 bridgehead atoms. The molecule has 2 fully saturated rings. The summed E-state index contributed by atoms with van der Waals surface area (Å²) in [6.45, 7) is 1.45. The van der Waals surface area contributed by atoms with Crippen molar-refractivity contribution in [3.05, 3.63) is 96.1 Å². The maximum absolute atomic E-state index is 12.1. The van der Waals surface area contributed by atoms with Crippen molar-refractivity contribution in [1.29, 1.82) is 0 Å². The van der Waals surface area contributed by atoms with Crippen molar-refractivity contribution in [2.24, 2.45) is 23.7 Å². The largest absolute Gasteiger partial charge is 0.463 e. The highest BCUT2D eigenvalue weighted by Crippen LogP contribution is 2.40. The van der Waals surface area contributed by atoms with Crippen molar-refractivity contribution < 1.29 is 59.2 Å². The number of rotatable bonds is 33. The number of hydrogen-bond acceptors (Lipinski definition) is 12. The van der Waals surface area contributed by atoms with Crippen molar-refractivity contribution in [2.75, 3.05) is 39.6 Å². The Bertz CT molecular complexity index is 1470. The number of carbonyl (C=O) groups excluding carboxylic acids is 2. The van der Waals surface area contributed by atoms with Crippen molar-refractivity contribution in [3.8, 4) is 0 Å².